The lowest BCUT2D eigenvalue weighted by Gasteiger charge is -2.12. The monoisotopic (exact) mass is 458 g/mol. The molecule has 2 N–H and O–H groups in total. The molecule has 0 aliphatic heterocycles. The molecule has 0 unspecified atom stereocenters. The Bertz CT molecular complexity index is 1190. The zero-order valence-electron chi connectivity index (χ0n) is 17.0. The zero-order valence-corrected chi connectivity index (χ0v) is 17.8. The number of aromatic amines is 1. The molecule has 0 spiro atoms. The molecule has 0 saturated carbocycles. The van der Waals surface area contributed by atoms with E-state index in [2.05, 4.69) is 14.4 Å². The molecule has 31 heavy (non-hydrogen) atoms. The lowest BCUT2D eigenvalue weighted by atomic mass is 10.1. The van der Waals surface area contributed by atoms with Gasteiger partial charge in [0, 0.05) is 29.2 Å². The van der Waals surface area contributed by atoms with E-state index in [0.717, 1.165) is 5.69 Å². The van der Waals surface area contributed by atoms with E-state index >= 15 is 0 Å². The highest BCUT2D eigenvalue weighted by atomic mass is 32.2. The summed E-state index contributed by atoms with van der Waals surface area (Å²) in [5, 5.41) is 0.525. The summed E-state index contributed by atoms with van der Waals surface area (Å²) in [6, 6.07) is 8.39. The normalized spacial score (nSPS) is 12.2. The van der Waals surface area contributed by atoms with Crippen LogP contribution in [0.3, 0.4) is 0 Å². The van der Waals surface area contributed by atoms with Crippen LogP contribution in [0.25, 0.3) is 10.9 Å². The van der Waals surface area contributed by atoms with Crippen molar-refractivity contribution in [3.05, 3.63) is 47.7 Å². The van der Waals surface area contributed by atoms with E-state index in [1.165, 1.54) is 44.6 Å². The molecule has 2 aromatic carbocycles. The van der Waals surface area contributed by atoms with Crippen molar-refractivity contribution in [3.63, 3.8) is 0 Å². The minimum Gasteiger partial charge on any atom is -0.497 e. The van der Waals surface area contributed by atoms with Crippen molar-refractivity contribution in [1.29, 1.82) is 0 Å². The van der Waals surface area contributed by atoms with Gasteiger partial charge in [0.15, 0.2) is 0 Å². The van der Waals surface area contributed by atoms with Gasteiger partial charge in [-0.05, 0) is 49.2 Å². The summed E-state index contributed by atoms with van der Waals surface area (Å²) >= 11 is 0. The number of alkyl halides is 3. The fraction of sp³-hybridized carbons (Fsp3) is 0.300. The summed E-state index contributed by atoms with van der Waals surface area (Å²) in [6.45, 7) is 1.78. The number of hydrogen-bond donors (Lipinski definition) is 2. The lowest BCUT2D eigenvalue weighted by Crippen LogP contribution is -2.26. The molecule has 7 nitrogen and oxygen atoms in total. The fourth-order valence-electron chi connectivity index (χ4n) is 3.26. The van der Waals surface area contributed by atoms with Gasteiger partial charge in [-0.25, -0.2) is 13.1 Å². The lowest BCUT2D eigenvalue weighted by molar-refractivity contribution is -0.274. The van der Waals surface area contributed by atoms with Crippen molar-refractivity contribution in [1.82, 2.24) is 9.71 Å². The van der Waals surface area contributed by atoms with Crippen molar-refractivity contribution in [3.8, 4) is 17.2 Å². The maximum atomic E-state index is 12.8. The first-order chi connectivity index (χ1) is 14.5. The van der Waals surface area contributed by atoms with Gasteiger partial charge < -0.3 is 19.2 Å². The van der Waals surface area contributed by atoms with Crippen molar-refractivity contribution < 1.29 is 35.8 Å². The molecular formula is C20H21F3N2O5S. The van der Waals surface area contributed by atoms with Gasteiger partial charge in [0.05, 0.1) is 14.2 Å². The molecule has 0 aliphatic rings. The van der Waals surface area contributed by atoms with Crippen molar-refractivity contribution >= 4 is 20.9 Å². The number of halogens is 3. The second kappa shape index (κ2) is 8.67. The summed E-state index contributed by atoms with van der Waals surface area (Å²) in [7, 11) is -1.15. The third-order valence-corrected chi connectivity index (χ3v) is 6.13. The van der Waals surface area contributed by atoms with Crippen LogP contribution < -0.4 is 18.9 Å². The number of aryl methyl sites for hydroxylation is 1. The number of aromatic nitrogens is 1. The predicted octanol–water partition coefficient (Wildman–Crippen LogP) is 3.91. The van der Waals surface area contributed by atoms with Gasteiger partial charge in [0.2, 0.25) is 10.0 Å². The second-order valence-electron chi connectivity index (χ2n) is 6.65. The van der Waals surface area contributed by atoms with E-state index < -0.39 is 16.4 Å². The number of sulfonamides is 1. The third-order valence-electron chi connectivity index (χ3n) is 4.65. The Morgan fingerprint density at radius 2 is 1.74 bits per heavy atom. The van der Waals surface area contributed by atoms with E-state index in [1.807, 2.05) is 0 Å². The van der Waals surface area contributed by atoms with Crippen LogP contribution in [0.2, 0.25) is 0 Å². The molecule has 1 aromatic heterocycles. The Morgan fingerprint density at radius 1 is 1.03 bits per heavy atom. The number of nitrogens with one attached hydrogen (secondary N) is 2. The molecule has 0 aliphatic carbocycles. The Hall–Kier alpha value is -2.92. The van der Waals surface area contributed by atoms with Crippen LogP contribution in [0.4, 0.5) is 13.2 Å². The highest BCUT2D eigenvalue weighted by molar-refractivity contribution is 7.89. The SMILES string of the molecule is COc1ccc(OC)c(S(=O)(=O)NCCc2c(C)[nH]c3ccc(OC(F)(F)F)cc23)c1. The van der Waals surface area contributed by atoms with Crippen LogP contribution in [-0.4, -0.2) is 40.5 Å². The van der Waals surface area contributed by atoms with Crippen LogP contribution >= 0.6 is 0 Å². The van der Waals surface area contributed by atoms with Crippen molar-refractivity contribution in [2.75, 3.05) is 20.8 Å². The average molecular weight is 458 g/mol. The highest BCUT2D eigenvalue weighted by Gasteiger charge is 2.31. The average Bonchev–Trinajstić information content (AvgIpc) is 3.01. The summed E-state index contributed by atoms with van der Waals surface area (Å²) in [6.07, 6.45) is -4.56. The molecule has 11 heteroatoms. The molecule has 1 heterocycles. The quantitative estimate of drug-likeness (QED) is 0.534. The standard InChI is InChI=1S/C20H21F3N2O5S/c1-12-15(16-10-14(30-20(21,22)23)4-6-17(16)25-12)8-9-24-31(26,27)19-11-13(28-2)5-7-18(19)29-3/h4-7,10-11,24-25H,8-9H2,1-3H3. The number of fused-ring (bicyclic) bond motifs is 1. The number of rotatable bonds is 8. The molecule has 0 radical (unpaired) electrons. The van der Waals surface area contributed by atoms with E-state index in [0.29, 0.717) is 22.2 Å². The minimum absolute atomic E-state index is 0.0147. The summed E-state index contributed by atoms with van der Waals surface area (Å²) in [5.74, 6) is 0.165. The number of H-pyrrole nitrogens is 1. The van der Waals surface area contributed by atoms with Crippen LogP contribution in [0, 0.1) is 6.92 Å². The Balaban J connectivity index is 1.81. The Labute approximate surface area is 177 Å². The molecule has 0 bridgehead atoms. The van der Waals surface area contributed by atoms with Gasteiger partial charge >= 0.3 is 6.36 Å². The van der Waals surface area contributed by atoms with Crippen LogP contribution in [-0.2, 0) is 16.4 Å². The highest BCUT2D eigenvalue weighted by Crippen LogP contribution is 2.31. The van der Waals surface area contributed by atoms with E-state index in [1.54, 1.807) is 13.0 Å². The zero-order chi connectivity index (χ0) is 22.8. The van der Waals surface area contributed by atoms with Crippen LogP contribution in [0.5, 0.6) is 17.2 Å². The van der Waals surface area contributed by atoms with Crippen LogP contribution in [0.1, 0.15) is 11.3 Å². The summed E-state index contributed by atoms with van der Waals surface area (Å²) < 4.78 is 79.8. The summed E-state index contributed by atoms with van der Waals surface area (Å²) in [5.41, 5.74) is 2.03. The van der Waals surface area contributed by atoms with E-state index in [9.17, 15) is 21.6 Å². The first-order valence-corrected chi connectivity index (χ1v) is 10.6. The van der Waals surface area contributed by atoms with Gasteiger partial charge in [0.25, 0.3) is 0 Å². The van der Waals surface area contributed by atoms with Gasteiger partial charge in [0.1, 0.15) is 22.1 Å². The van der Waals surface area contributed by atoms with Gasteiger partial charge in [-0.2, -0.15) is 0 Å². The number of benzene rings is 2. The second-order valence-corrected chi connectivity index (χ2v) is 8.38. The van der Waals surface area contributed by atoms with Gasteiger partial charge in [-0.15, -0.1) is 13.2 Å². The molecule has 0 saturated heterocycles. The number of methoxy groups -OCH3 is 2. The molecule has 3 aromatic rings. The molecular weight excluding hydrogens is 437 g/mol. The molecule has 0 fully saturated rings. The molecule has 0 atom stereocenters. The molecule has 0 amide bonds. The Morgan fingerprint density at radius 3 is 2.39 bits per heavy atom. The molecule has 168 valence electrons. The summed E-state index contributed by atoms with van der Waals surface area (Å²) in [4.78, 5) is 3.00. The topological polar surface area (TPSA) is 89.6 Å². The maximum absolute atomic E-state index is 12.8. The number of hydrogen-bond acceptors (Lipinski definition) is 5. The predicted molar refractivity (Wildman–Crippen MR) is 108 cm³/mol. The smallest absolute Gasteiger partial charge is 0.497 e. The first kappa shape index (κ1) is 22.8. The van der Waals surface area contributed by atoms with Gasteiger partial charge in [-0.1, -0.05) is 0 Å². The third kappa shape index (κ3) is 5.23. The Kier molecular flexibility index (Phi) is 6.37. The van der Waals surface area contributed by atoms with E-state index in [4.69, 9.17) is 9.47 Å². The van der Waals surface area contributed by atoms with E-state index in [-0.39, 0.29) is 29.4 Å². The molecule has 3 rings (SSSR count). The van der Waals surface area contributed by atoms with Crippen molar-refractivity contribution in [2.45, 2.75) is 24.6 Å². The minimum atomic E-state index is -4.80. The maximum Gasteiger partial charge on any atom is 0.573 e. The largest absolute Gasteiger partial charge is 0.573 e. The number of ether oxygens (including phenoxy) is 3. The first-order valence-electron chi connectivity index (χ1n) is 9.12. The van der Waals surface area contributed by atoms with Gasteiger partial charge in [-0.3, -0.25) is 0 Å². The van der Waals surface area contributed by atoms with Crippen molar-refractivity contribution in [2.24, 2.45) is 0 Å². The fourth-order valence-corrected chi connectivity index (χ4v) is 4.48. The van der Waals surface area contributed by atoms with Crippen LogP contribution in [0.15, 0.2) is 41.3 Å².